The summed E-state index contributed by atoms with van der Waals surface area (Å²) in [7, 11) is 0. The highest BCUT2D eigenvalue weighted by molar-refractivity contribution is 7.98. The van der Waals surface area contributed by atoms with Crippen LogP contribution in [0, 0.1) is 0 Å². The number of halogens is 3. The minimum Gasteiger partial charge on any atom is -0.494 e. The third-order valence-electron chi connectivity index (χ3n) is 5.05. The molecule has 0 saturated carbocycles. The molecule has 176 valence electrons. The summed E-state index contributed by atoms with van der Waals surface area (Å²) in [6.45, 7) is 2.19. The van der Waals surface area contributed by atoms with Crippen molar-refractivity contribution in [1.82, 2.24) is 14.7 Å². The number of rotatable bonds is 8. The Kier molecular flexibility index (Phi) is 7.12. The maximum Gasteiger partial charge on any atom is 0.412 e. The molecule has 1 unspecified atom stereocenters. The third kappa shape index (κ3) is 5.53. The zero-order chi connectivity index (χ0) is 24.1. The Morgan fingerprint density at radius 2 is 1.82 bits per heavy atom. The van der Waals surface area contributed by atoms with Crippen LogP contribution in [0.1, 0.15) is 34.6 Å². The number of benzene rings is 2. The second-order valence-electron chi connectivity index (χ2n) is 7.43. The number of aromatic nitrogens is 2. The van der Waals surface area contributed by atoms with Gasteiger partial charge in [0.1, 0.15) is 11.4 Å². The van der Waals surface area contributed by atoms with E-state index in [1.54, 1.807) is 25.1 Å². The van der Waals surface area contributed by atoms with E-state index in [1.807, 2.05) is 35.0 Å². The van der Waals surface area contributed by atoms with Gasteiger partial charge in [0, 0.05) is 23.0 Å². The summed E-state index contributed by atoms with van der Waals surface area (Å²) in [4.78, 5) is 18.0. The molecule has 1 N–H and O–H groups in total. The van der Waals surface area contributed by atoms with Gasteiger partial charge in [-0.2, -0.15) is 13.2 Å². The number of hydrogen-bond acceptors (Lipinski definition) is 4. The number of alkyl halides is 3. The summed E-state index contributed by atoms with van der Waals surface area (Å²) < 4.78 is 48.7. The molecule has 0 aliphatic carbocycles. The van der Waals surface area contributed by atoms with Crippen LogP contribution in [0.4, 0.5) is 13.2 Å². The number of nitrogens with one attached hydrogen (secondary N) is 1. The molecule has 34 heavy (non-hydrogen) atoms. The first-order chi connectivity index (χ1) is 16.3. The molecule has 0 fully saturated rings. The fourth-order valence-electron chi connectivity index (χ4n) is 3.47. The quantitative estimate of drug-likeness (QED) is 0.308. The van der Waals surface area contributed by atoms with Gasteiger partial charge in [-0.25, -0.2) is 4.98 Å². The van der Waals surface area contributed by atoms with E-state index in [0.717, 1.165) is 11.3 Å². The lowest BCUT2D eigenvalue weighted by atomic mass is 10.1. The van der Waals surface area contributed by atoms with E-state index in [1.165, 1.54) is 42.1 Å². The topological polar surface area (TPSA) is 55.6 Å². The van der Waals surface area contributed by atoms with E-state index < -0.39 is 18.1 Å². The van der Waals surface area contributed by atoms with Gasteiger partial charge in [-0.1, -0.05) is 30.3 Å². The molecule has 5 nitrogen and oxygen atoms in total. The van der Waals surface area contributed by atoms with Crippen molar-refractivity contribution in [3.8, 4) is 5.75 Å². The molecule has 0 spiro atoms. The molecule has 2 aromatic heterocycles. The van der Waals surface area contributed by atoms with Gasteiger partial charge in [0.15, 0.2) is 6.04 Å². The van der Waals surface area contributed by atoms with Gasteiger partial charge < -0.3 is 14.5 Å². The van der Waals surface area contributed by atoms with Gasteiger partial charge in [-0.15, -0.1) is 11.8 Å². The Labute approximate surface area is 199 Å². The van der Waals surface area contributed by atoms with E-state index in [4.69, 9.17) is 4.74 Å². The molecule has 0 aliphatic heterocycles. The number of amides is 1. The first-order valence-corrected chi connectivity index (χ1v) is 11.6. The van der Waals surface area contributed by atoms with Crippen molar-refractivity contribution in [1.29, 1.82) is 0 Å². The highest BCUT2D eigenvalue weighted by Crippen LogP contribution is 2.34. The minimum absolute atomic E-state index is 0.0702. The number of carbonyl (C=O) groups excluding carboxylic acids is 1. The first kappa shape index (κ1) is 23.7. The Morgan fingerprint density at radius 3 is 2.53 bits per heavy atom. The van der Waals surface area contributed by atoms with E-state index in [-0.39, 0.29) is 11.1 Å². The minimum atomic E-state index is -4.67. The highest BCUT2D eigenvalue weighted by atomic mass is 32.2. The van der Waals surface area contributed by atoms with Crippen molar-refractivity contribution in [2.45, 2.75) is 29.8 Å². The van der Waals surface area contributed by atoms with Crippen molar-refractivity contribution in [3.63, 3.8) is 0 Å². The molecule has 4 rings (SSSR count). The van der Waals surface area contributed by atoms with Gasteiger partial charge in [-0.05, 0) is 48.9 Å². The molecule has 0 radical (unpaired) electrons. The van der Waals surface area contributed by atoms with Crippen LogP contribution in [0.15, 0.2) is 84.0 Å². The summed E-state index contributed by atoms with van der Waals surface area (Å²) in [6.07, 6.45) is -0.895. The van der Waals surface area contributed by atoms with Crippen molar-refractivity contribution >= 4 is 23.3 Å². The largest absolute Gasteiger partial charge is 0.494 e. The molecule has 1 amide bonds. The zero-order valence-electron chi connectivity index (χ0n) is 18.3. The molecule has 2 aromatic carbocycles. The number of carbonyl (C=O) groups is 1. The molecule has 1 atom stereocenters. The monoisotopic (exact) mass is 485 g/mol. The van der Waals surface area contributed by atoms with Crippen molar-refractivity contribution in [3.05, 3.63) is 95.9 Å². The van der Waals surface area contributed by atoms with Crippen LogP contribution >= 0.6 is 11.8 Å². The highest BCUT2D eigenvalue weighted by Gasteiger charge is 2.42. The van der Waals surface area contributed by atoms with Crippen molar-refractivity contribution in [2.75, 3.05) is 6.61 Å². The fourth-order valence-corrected chi connectivity index (χ4v) is 4.41. The molecule has 4 aromatic rings. The molecular weight excluding hydrogens is 463 g/mol. The molecular formula is C25H22F3N3O2S. The van der Waals surface area contributed by atoms with Crippen LogP contribution in [0.2, 0.25) is 0 Å². The van der Waals surface area contributed by atoms with E-state index >= 15 is 0 Å². The molecule has 9 heteroatoms. The number of nitrogens with zero attached hydrogens (tertiary/aromatic N) is 2. The maximum atomic E-state index is 13.8. The lowest BCUT2D eigenvalue weighted by Crippen LogP contribution is -2.38. The van der Waals surface area contributed by atoms with Gasteiger partial charge >= 0.3 is 6.18 Å². The summed E-state index contributed by atoms with van der Waals surface area (Å²) >= 11 is 1.35. The Bertz CT molecular complexity index is 1240. The Morgan fingerprint density at radius 1 is 1.09 bits per heavy atom. The molecule has 0 bridgehead atoms. The van der Waals surface area contributed by atoms with Crippen LogP contribution < -0.4 is 10.1 Å². The predicted octanol–water partition coefficient (Wildman–Crippen LogP) is 6.06. The third-order valence-corrected chi connectivity index (χ3v) is 6.16. The van der Waals surface area contributed by atoms with Crippen LogP contribution in [0.3, 0.4) is 0 Å². The van der Waals surface area contributed by atoms with Gasteiger partial charge in [0.25, 0.3) is 5.91 Å². The number of ether oxygens (including phenoxy) is 1. The Hall–Kier alpha value is -3.46. The van der Waals surface area contributed by atoms with Crippen LogP contribution in [-0.4, -0.2) is 28.1 Å². The van der Waals surface area contributed by atoms with Crippen LogP contribution in [0.25, 0.3) is 5.65 Å². The summed E-state index contributed by atoms with van der Waals surface area (Å²) in [6, 6.07) is 15.7. The Balaban J connectivity index is 1.52. The number of pyridine rings is 1. The van der Waals surface area contributed by atoms with Crippen LogP contribution in [0.5, 0.6) is 5.75 Å². The predicted molar refractivity (Wildman–Crippen MR) is 125 cm³/mol. The molecule has 2 heterocycles. The smallest absolute Gasteiger partial charge is 0.412 e. The van der Waals surface area contributed by atoms with E-state index in [2.05, 4.69) is 10.3 Å². The maximum absolute atomic E-state index is 13.8. The van der Waals surface area contributed by atoms with Gasteiger partial charge in [0.05, 0.1) is 17.9 Å². The lowest BCUT2D eigenvalue weighted by molar-refractivity contribution is -0.155. The zero-order valence-corrected chi connectivity index (χ0v) is 19.1. The van der Waals surface area contributed by atoms with Gasteiger partial charge in [-0.3, -0.25) is 4.79 Å². The van der Waals surface area contributed by atoms with E-state index in [0.29, 0.717) is 23.0 Å². The summed E-state index contributed by atoms with van der Waals surface area (Å²) in [5.74, 6) is 0.134. The SMILES string of the molecule is CCOc1ccc(C(NC(=O)c2ccccc2SCc2cn3ccccc3n2)C(F)(F)F)cc1. The van der Waals surface area contributed by atoms with Gasteiger partial charge in [0.2, 0.25) is 0 Å². The second-order valence-corrected chi connectivity index (χ2v) is 8.45. The summed E-state index contributed by atoms with van der Waals surface area (Å²) in [5, 5.41) is 2.16. The fraction of sp³-hybridized carbons (Fsp3) is 0.200. The van der Waals surface area contributed by atoms with Crippen molar-refractivity contribution < 1.29 is 22.7 Å². The number of imidazole rings is 1. The molecule has 0 saturated heterocycles. The summed E-state index contributed by atoms with van der Waals surface area (Å²) in [5.41, 5.74) is 1.71. The van der Waals surface area contributed by atoms with E-state index in [9.17, 15) is 18.0 Å². The van der Waals surface area contributed by atoms with Crippen LogP contribution in [-0.2, 0) is 5.75 Å². The normalized spacial score (nSPS) is 12.5. The number of hydrogen-bond donors (Lipinski definition) is 1. The number of thioether (sulfide) groups is 1. The lowest BCUT2D eigenvalue weighted by Gasteiger charge is -2.23. The standard InChI is InChI=1S/C25H22F3N3O2S/c1-2-33-19-12-10-17(11-13-19)23(25(26,27)28)30-24(32)20-7-3-4-8-21(20)34-16-18-15-31-14-6-5-9-22(31)29-18/h3-15,23H,2,16H2,1H3,(H,30,32). The average Bonchev–Trinajstić information content (AvgIpc) is 3.24. The first-order valence-electron chi connectivity index (χ1n) is 10.6. The number of fused-ring (bicyclic) bond motifs is 1. The van der Waals surface area contributed by atoms with Crippen molar-refractivity contribution in [2.24, 2.45) is 0 Å². The second kappa shape index (κ2) is 10.2. The molecule has 0 aliphatic rings. The average molecular weight is 486 g/mol.